The molecule has 0 saturated carbocycles. The number of imidazole rings is 1. The van der Waals surface area contributed by atoms with E-state index in [1.165, 1.54) is 0 Å². The number of aryl methyl sites for hydroxylation is 1. The molecule has 2 N–H and O–H groups in total. The van der Waals surface area contributed by atoms with Gasteiger partial charge in [-0.25, -0.2) is 9.78 Å². The summed E-state index contributed by atoms with van der Waals surface area (Å²) in [5, 5.41) is 2.99. The van der Waals surface area contributed by atoms with E-state index >= 15 is 0 Å². The Morgan fingerprint density at radius 2 is 2.11 bits per heavy atom. The van der Waals surface area contributed by atoms with Crippen molar-refractivity contribution in [1.29, 1.82) is 0 Å². The maximum atomic E-state index is 12.1. The number of rotatable bonds is 2. The van der Waals surface area contributed by atoms with E-state index in [2.05, 4.69) is 15.3 Å². The number of aromatic nitrogens is 3. The minimum atomic E-state index is -0.150. The molecule has 0 amide bonds. The molecule has 2 aromatic heterocycles. The first kappa shape index (κ1) is 11.5. The average molecular weight is 254 g/mol. The van der Waals surface area contributed by atoms with Crippen LogP contribution in [0.5, 0.6) is 0 Å². The first-order chi connectivity index (χ1) is 9.20. The number of hydrogen-bond donors (Lipinski definition) is 2. The molecular formula is C14H14N4O. The molecule has 3 rings (SSSR count). The number of hydrogen-bond acceptors (Lipinski definition) is 3. The Labute approximate surface area is 109 Å². The molecule has 0 radical (unpaired) electrons. The van der Waals surface area contributed by atoms with Gasteiger partial charge in [0.25, 0.3) is 0 Å². The maximum absolute atomic E-state index is 12.1. The summed E-state index contributed by atoms with van der Waals surface area (Å²) in [6.07, 6.45) is 1.71. The first-order valence-electron chi connectivity index (χ1n) is 6.05. The molecule has 3 aromatic rings. The monoisotopic (exact) mass is 254 g/mol. The number of nitrogens with one attached hydrogen (secondary N) is 2. The molecule has 2 heterocycles. The van der Waals surface area contributed by atoms with Crippen LogP contribution in [0, 0.1) is 6.92 Å². The highest BCUT2D eigenvalue weighted by atomic mass is 16.1. The van der Waals surface area contributed by atoms with E-state index in [4.69, 9.17) is 0 Å². The Balaban J connectivity index is 2.30. The van der Waals surface area contributed by atoms with Gasteiger partial charge in [-0.05, 0) is 30.7 Å². The number of fused-ring (bicyclic) bond motifs is 1. The number of aromatic amines is 1. The van der Waals surface area contributed by atoms with Crippen LogP contribution in [0.4, 0.5) is 5.82 Å². The number of benzene rings is 1. The molecule has 19 heavy (non-hydrogen) atoms. The zero-order chi connectivity index (χ0) is 13.4. The van der Waals surface area contributed by atoms with Crippen molar-refractivity contribution in [3.05, 3.63) is 52.6 Å². The fourth-order valence-electron chi connectivity index (χ4n) is 2.21. The van der Waals surface area contributed by atoms with Gasteiger partial charge in [0.05, 0.1) is 22.9 Å². The molecule has 0 fully saturated rings. The predicted molar refractivity (Wildman–Crippen MR) is 76.0 cm³/mol. The molecule has 0 saturated heterocycles. The van der Waals surface area contributed by atoms with E-state index in [0.717, 1.165) is 28.1 Å². The van der Waals surface area contributed by atoms with Crippen molar-refractivity contribution in [3.63, 3.8) is 0 Å². The van der Waals surface area contributed by atoms with E-state index in [-0.39, 0.29) is 5.69 Å². The van der Waals surface area contributed by atoms with Crippen LogP contribution in [0.3, 0.4) is 0 Å². The third kappa shape index (κ3) is 1.79. The van der Waals surface area contributed by atoms with Crippen LogP contribution in [0.2, 0.25) is 0 Å². The number of anilines is 1. The fraction of sp³-hybridized carbons (Fsp3) is 0.143. The molecule has 0 unspecified atom stereocenters. The second-order valence-electron chi connectivity index (χ2n) is 4.39. The second kappa shape index (κ2) is 4.28. The number of H-pyrrole nitrogens is 1. The molecule has 0 aliphatic rings. The second-order valence-corrected chi connectivity index (χ2v) is 4.39. The van der Waals surface area contributed by atoms with Crippen LogP contribution in [0.25, 0.3) is 16.7 Å². The Morgan fingerprint density at radius 1 is 1.32 bits per heavy atom. The molecule has 0 bridgehead atoms. The van der Waals surface area contributed by atoms with Gasteiger partial charge in [-0.3, -0.25) is 4.57 Å². The third-order valence-corrected chi connectivity index (χ3v) is 3.17. The number of nitrogens with zero attached hydrogens (tertiary/aromatic N) is 2. The Hall–Kier alpha value is -2.56. The Kier molecular flexibility index (Phi) is 2.59. The number of pyridine rings is 1. The highest BCUT2D eigenvalue weighted by Gasteiger charge is 2.10. The van der Waals surface area contributed by atoms with Crippen LogP contribution >= 0.6 is 0 Å². The highest BCUT2D eigenvalue weighted by Crippen LogP contribution is 2.19. The lowest BCUT2D eigenvalue weighted by molar-refractivity contribution is 0.990. The van der Waals surface area contributed by atoms with E-state index in [1.54, 1.807) is 10.8 Å². The van der Waals surface area contributed by atoms with Crippen LogP contribution in [-0.2, 0) is 0 Å². The zero-order valence-corrected chi connectivity index (χ0v) is 10.8. The van der Waals surface area contributed by atoms with Gasteiger partial charge in [-0.2, -0.15) is 0 Å². The van der Waals surface area contributed by atoms with Crippen molar-refractivity contribution in [2.24, 2.45) is 0 Å². The zero-order valence-electron chi connectivity index (χ0n) is 10.8. The molecular weight excluding hydrogens is 240 g/mol. The summed E-state index contributed by atoms with van der Waals surface area (Å²) in [6.45, 7) is 1.96. The van der Waals surface area contributed by atoms with Gasteiger partial charge in [0.15, 0.2) is 0 Å². The minimum Gasteiger partial charge on any atom is -0.373 e. The standard InChI is InChI=1S/C14H14N4O/c1-9-7-13(15-2)16-8-12(9)18-11-6-4-3-5-10(11)17-14(18)19/h3-8H,1-2H3,(H,15,16)(H,17,19). The summed E-state index contributed by atoms with van der Waals surface area (Å²) in [5.74, 6) is 0.786. The topological polar surface area (TPSA) is 62.7 Å². The Morgan fingerprint density at radius 3 is 2.84 bits per heavy atom. The van der Waals surface area contributed by atoms with Gasteiger partial charge in [-0.1, -0.05) is 12.1 Å². The SMILES string of the molecule is CNc1cc(C)c(-n2c(=O)[nH]c3ccccc32)cn1. The van der Waals surface area contributed by atoms with Crippen LogP contribution in [0.15, 0.2) is 41.3 Å². The lowest BCUT2D eigenvalue weighted by Gasteiger charge is -2.08. The maximum Gasteiger partial charge on any atom is 0.331 e. The summed E-state index contributed by atoms with van der Waals surface area (Å²) >= 11 is 0. The normalized spacial score (nSPS) is 10.8. The summed E-state index contributed by atoms with van der Waals surface area (Å²) in [5.41, 5.74) is 3.31. The van der Waals surface area contributed by atoms with Crippen molar-refractivity contribution in [3.8, 4) is 5.69 Å². The number of para-hydroxylation sites is 2. The van der Waals surface area contributed by atoms with Crippen LogP contribution in [-0.4, -0.2) is 21.6 Å². The lowest BCUT2D eigenvalue weighted by atomic mass is 10.2. The van der Waals surface area contributed by atoms with Gasteiger partial charge in [0, 0.05) is 7.05 Å². The molecule has 0 aliphatic heterocycles. The molecule has 0 atom stereocenters. The quantitative estimate of drug-likeness (QED) is 0.736. The van der Waals surface area contributed by atoms with Crippen molar-refractivity contribution < 1.29 is 0 Å². The van der Waals surface area contributed by atoms with Gasteiger partial charge >= 0.3 is 5.69 Å². The smallest absolute Gasteiger partial charge is 0.331 e. The summed E-state index contributed by atoms with van der Waals surface area (Å²) < 4.78 is 1.65. The molecule has 5 nitrogen and oxygen atoms in total. The Bertz CT molecular complexity index is 801. The van der Waals surface area contributed by atoms with Crippen molar-refractivity contribution >= 4 is 16.9 Å². The van der Waals surface area contributed by atoms with E-state index in [9.17, 15) is 4.79 Å². The molecule has 0 aliphatic carbocycles. The van der Waals surface area contributed by atoms with Gasteiger partial charge in [0.2, 0.25) is 0 Å². The predicted octanol–water partition coefficient (Wildman–Crippen LogP) is 2.06. The lowest BCUT2D eigenvalue weighted by Crippen LogP contribution is -2.16. The molecule has 0 spiro atoms. The van der Waals surface area contributed by atoms with Crippen molar-refractivity contribution in [2.75, 3.05) is 12.4 Å². The fourth-order valence-corrected chi connectivity index (χ4v) is 2.21. The largest absolute Gasteiger partial charge is 0.373 e. The third-order valence-electron chi connectivity index (χ3n) is 3.17. The minimum absolute atomic E-state index is 0.150. The average Bonchev–Trinajstić information content (AvgIpc) is 2.75. The van der Waals surface area contributed by atoms with Gasteiger partial charge in [0.1, 0.15) is 5.82 Å². The molecule has 5 heteroatoms. The summed E-state index contributed by atoms with van der Waals surface area (Å²) in [6, 6.07) is 9.54. The van der Waals surface area contributed by atoms with Crippen molar-refractivity contribution in [2.45, 2.75) is 6.92 Å². The van der Waals surface area contributed by atoms with E-state index in [1.807, 2.05) is 44.3 Å². The van der Waals surface area contributed by atoms with Crippen molar-refractivity contribution in [1.82, 2.24) is 14.5 Å². The van der Waals surface area contributed by atoms with E-state index < -0.39 is 0 Å². The summed E-state index contributed by atoms with van der Waals surface area (Å²) in [4.78, 5) is 19.2. The van der Waals surface area contributed by atoms with Crippen LogP contribution in [0.1, 0.15) is 5.56 Å². The summed E-state index contributed by atoms with van der Waals surface area (Å²) in [7, 11) is 1.82. The van der Waals surface area contributed by atoms with E-state index in [0.29, 0.717) is 0 Å². The molecule has 1 aromatic carbocycles. The highest BCUT2D eigenvalue weighted by molar-refractivity contribution is 5.77. The molecule has 96 valence electrons. The van der Waals surface area contributed by atoms with Gasteiger partial charge < -0.3 is 10.3 Å². The van der Waals surface area contributed by atoms with Crippen LogP contribution < -0.4 is 11.0 Å². The van der Waals surface area contributed by atoms with Gasteiger partial charge in [-0.15, -0.1) is 0 Å². The first-order valence-corrected chi connectivity index (χ1v) is 6.05.